The van der Waals surface area contributed by atoms with Gasteiger partial charge in [-0.15, -0.1) is 0 Å². The predicted octanol–water partition coefficient (Wildman–Crippen LogP) is 4.22. The van der Waals surface area contributed by atoms with Crippen molar-refractivity contribution in [1.29, 1.82) is 0 Å². The summed E-state index contributed by atoms with van der Waals surface area (Å²) in [6.07, 6.45) is 0. The summed E-state index contributed by atoms with van der Waals surface area (Å²) in [7, 11) is -3.80. The first-order chi connectivity index (χ1) is 14.8. The van der Waals surface area contributed by atoms with Crippen molar-refractivity contribution in [1.82, 2.24) is 0 Å². The number of carbonyl (C=O) groups is 2. The number of sulfonamides is 1. The molecule has 31 heavy (non-hydrogen) atoms. The number of ether oxygens (including phenoxy) is 1. The largest absolute Gasteiger partial charge is 0.462 e. The van der Waals surface area contributed by atoms with Crippen molar-refractivity contribution in [2.75, 3.05) is 16.6 Å². The van der Waals surface area contributed by atoms with Gasteiger partial charge in [-0.2, -0.15) is 0 Å². The van der Waals surface area contributed by atoms with Gasteiger partial charge in [0.25, 0.3) is 15.9 Å². The van der Waals surface area contributed by atoms with Gasteiger partial charge in [0.1, 0.15) is 0 Å². The normalized spacial score (nSPS) is 10.9. The minimum absolute atomic E-state index is 0.118. The highest BCUT2D eigenvalue weighted by atomic mass is 32.2. The number of nitrogens with one attached hydrogen (secondary N) is 2. The maximum absolute atomic E-state index is 12.8. The molecule has 0 fully saturated rings. The van der Waals surface area contributed by atoms with Gasteiger partial charge >= 0.3 is 5.97 Å². The van der Waals surface area contributed by atoms with Crippen LogP contribution in [0.1, 0.15) is 33.2 Å². The second-order valence-electron chi connectivity index (χ2n) is 6.67. The molecule has 0 spiro atoms. The van der Waals surface area contributed by atoms with E-state index < -0.39 is 21.9 Å². The molecule has 0 radical (unpaired) electrons. The van der Waals surface area contributed by atoms with Gasteiger partial charge in [0.15, 0.2) is 0 Å². The molecule has 2 N–H and O–H groups in total. The molecule has 0 aromatic heterocycles. The molecule has 1 amide bonds. The number of rotatable bonds is 7. The molecule has 160 valence electrons. The van der Waals surface area contributed by atoms with Crippen LogP contribution in [0.15, 0.2) is 77.7 Å². The van der Waals surface area contributed by atoms with Gasteiger partial charge in [0.05, 0.1) is 28.4 Å². The summed E-state index contributed by atoms with van der Waals surface area (Å²) in [5, 5.41) is 2.69. The van der Waals surface area contributed by atoms with Crippen molar-refractivity contribution in [2.24, 2.45) is 0 Å². The second-order valence-corrected chi connectivity index (χ2v) is 8.35. The van der Waals surface area contributed by atoms with E-state index in [1.807, 2.05) is 0 Å². The SMILES string of the molecule is CCOC(=O)c1ccccc1NC(=O)c1ccc(C)c(NS(=O)(=O)c2ccccc2)c1. The van der Waals surface area contributed by atoms with Crippen LogP contribution in [0.5, 0.6) is 0 Å². The number of carbonyl (C=O) groups excluding carboxylic acids is 2. The highest BCUT2D eigenvalue weighted by Crippen LogP contribution is 2.23. The molecule has 0 atom stereocenters. The van der Waals surface area contributed by atoms with E-state index in [-0.39, 0.29) is 28.3 Å². The van der Waals surface area contributed by atoms with Gasteiger partial charge in [-0.3, -0.25) is 9.52 Å². The molecule has 8 heteroatoms. The molecule has 0 saturated heterocycles. The van der Waals surface area contributed by atoms with E-state index >= 15 is 0 Å². The van der Waals surface area contributed by atoms with Gasteiger partial charge in [-0.25, -0.2) is 13.2 Å². The van der Waals surface area contributed by atoms with Crippen molar-refractivity contribution >= 4 is 33.3 Å². The quantitative estimate of drug-likeness (QED) is 0.538. The monoisotopic (exact) mass is 438 g/mol. The average molecular weight is 439 g/mol. The topological polar surface area (TPSA) is 102 Å². The van der Waals surface area contributed by atoms with Crippen molar-refractivity contribution < 1.29 is 22.7 Å². The lowest BCUT2D eigenvalue weighted by Gasteiger charge is -2.13. The summed E-state index contributed by atoms with van der Waals surface area (Å²) < 4.78 is 32.8. The van der Waals surface area contributed by atoms with E-state index in [0.717, 1.165) is 0 Å². The van der Waals surface area contributed by atoms with E-state index in [2.05, 4.69) is 10.0 Å². The van der Waals surface area contributed by atoms with Crippen LogP contribution >= 0.6 is 0 Å². The zero-order valence-electron chi connectivity index (χ0n) is 17.1. The lowest BCUT2D eigenvalue weighted by atomic mass is 10.1. The Morgan fingerprint density at radius 1 is 0.903 bits per heavy atom. The number of esters is 1. The number of hydrogen-bond donors (Lipinski definition) is 2. The fraction of sp³-hybridized carbons (Fsp3) is 0.130. The molecule has 3 rings (SSSR count). The molecule has 7 nitrogen and oxygen atoms in total. The summed E-state index contributed by atoms with van der Waals surface area (Å²) in [5.74, 6) is -1.03. The molecule has 0 aliphatic heterocycles. The second kappa shape index (κ2) is 9.44. The average Bonchev–Trinajstić information content (AvgIpc) is 2.76. The van der Waals surface area contributed by atoms with Crippen molar-refractivity contribution in [3.05, 3.63) is 89.5 Å². The van der Waals surface area contributed by atoms with Gasteiger partial charge in [0.2, 0.25) is 0 Å². The van der Waals surface area contributed by atoms with Gasteiger partial charge in [-0.1, -0.05) is 36.4 Å². The summed E-state index contributed by atoms with van der Waals surface area (Å²) in [5.41, 5.74) is 1.71. The Hall–Kier alpha value is -3.65. The number of hydrogen-bond acceptors (Lipinski definition) is 5. The molecule has 0 heterocycles. The maximum Gasteiger partial charge on any atom is 0.340 e. The minimum Gasteiger partial charge on any atom is -0.462 e. The Bertz CT molecular complexity index is 1210. The maximum atomic E-state index is 12.8. The molecule has 3 aromatic carbocycles. The third-order valence-electron chi connectivity index (χ3n) is 4.47. The Morgan fingerprint density at radius 2 is 1.58 bits per heavy atom. The van der Waals surface area contributed by atoms with Gasteiger partial charge < -0.3 is 10.1 Å². The van der Waals surface area contributed by atoms with Crippen LogP contribution in [0.2, 0.25) is 0 Å². The first-order valence-electron chi connectivity index (χ1n) is 9.58. The first-order valence-corrected chi connectivity index (χ1v) is 11.1. The Kier molecular flexibility index (Phi) is 6.71. The van der Waals surface area contributed by atoms with Crippen LogP contribution in [0.25, 0.3) is 0 Å². The molecule has 0 bridgehead atoms. The lowest BCUT2D eigenvalue weighted by Crippen LogP contribution is -2.17. The van der Waals surface area contributed by atoms with E-state index in [0.29, 0.717) is 11.3 Å². The van der Waals surface area contributed by atoms with Crippen LogP contribution in [0.3, 0.4) is 0 Å². The summed E-state index contributed by atoms with van der Waals surface area (Å²) in [6.45, 7) is 3.65. The van der Waals surface area contributed by atoms with Gasteiger partial charge in [-0.05, 0) is 55.8 Å². The molecule has 0 aliphatic carbocycles. The highest BCUT2D eigenvalue weighted by molar-refractivity contribution is 7.92. The van der Waals surface area contributed by atoms with Gasteiger partial charge in [0, 0.05) is 5.56 Å². The standard InChI is InChI=1S/C23H22N2O5S/c1-3-30-23(27)19-11-7-8-12-20(19)24-22(26)17-14-13-16(2)21(15-17)25-31(28,29)18-9-5-4-6-10-18/h4-15,25H,3H2,1-2H3,(H,24,26). The summed E-state index contributed by atoms with van der Waals surface area (Å²) in [6, 6.07) is 19.2. The van der Waals surface area contributed by atoms with Crippen molar-refractivity contribution in [3.8, 4) is 0 Å². The number of amides is 1. The zero-order chi connectivity index (χ0) is 22.4. The fourth-order valence-corrected chi connectivity index (χ4v) is 3.99. The number of benzene rings is 3. The minimum atomic E-state index is -3.80. The third-order valence-corrected chi connectivity index (χ3v) is 5.85. The molecule has 0 aliphatic rings. The summed E-state index contributed by atoms with van der Waals surface area (Å²) in [4.78, 5) is 25.0. The summed E-state index contributed by atoms with van der Waals surface area (Å²) >= 11 is 0. The molecule has 0 saturated carbocycles. The molecular weight excluding hydrogens is 416 g/mol. The van der Waals surface area contributed by atoms with Crippen LogP contribution in [0, 0.1) is 6.92 Å². The van der Waals surface area contributed by atoms with Crippen molar-refractivity contribution in [3.63, 3.8) is 0 Å². The van der Waals surface area contributed by atoms with Crippen LogP contribution in [-0.2, 0) is 14.8 Å². The number of anilines is 2. The van der Waals surface area contributed by atoms with Crippen LogP contribution in [-0.4, -0.2) is 26.9 Å². The van der Waals surface area contributed by atoms with Crippen LogP contribution < -0.4 is 10.0 Å². The van der Waals surface area contributed by atoms with Crippen LogP contribution in [0.4, 0.5) is 11.4 Å². The third kappa shape index (κ3) is 5.29. The van der Waals surface area contributed by atoms with E-state index in [9.17, 15) is 18.0 Å². The number of aryl methyl sites for hydroxylation is 1. The van der Waals surface area contributed by atoms with E-state index in [4.69, 9.17) is 4.74 Å². The zero-order valence-corrected chi connectivity index (χ0v) is 17.9. The Morgan fingerprint density at radius 3 is 2.29 bits per heavy atom. The van der Waals surface area contributed by atoms with Crippen molar-refractivity contribution in [2.45, 2.75) is 18.7 Å². The van der Waals surface area contributed by atoms with E-state index in [1.165, 1.54) is 18.2 Å². The fourth-order valence-electron chi connectivity index (χ4n) is 2.85. The molecular formula is C23H22N2O5S. The smallest absolute Gasteiger partial charge is 0.340 e. The lowest BCUT2D eigenvalue weighted by molar-refractivity contribution is 0.0527. The Balaban J connectivity index is 1.85. The molecule has 0 unspecified atom stereocenters. The predicted molar refractivity (Wildman–Crippen MR) is 119 cm³/mol. The Labute approximate surface area is 181 Å². The van der Waals surface area contributed by atoms with E-state index in [1.54, 1.807) is 68.4 Å². The first kappa shape index (κ1) is 22.0. The number of para-hydroxylation sites is 1. The highest BCUT2D eigenvalue weighted by Gasteiger charge is 2.18. The molecule has 3 aromatic rings.